The summed E-state index contributed by atoms with van der Waals surface area (Å²) < 4.78 is 7.41. The number of amides is 1. The molecule has 7 heteroatoms. The molecule has 4 rings (SSSR count). The molecule has 0 saturated carbocycles. The predicted octanol–water partition coefficient (Wildman–Crippen LogP) is 3.60. The molecule has 0 radical (unpaired) electrons. The van der Waals surface area contributed by atoms with Crippen molar-refractivity contribution in [1.82, 2.24) is 25.1 Å². The third-order valence-corrected chi connectivity index (χ3v) is 4.23. The fourth-order valence-electron chi connectivity index (χ4n) is 2.77. The van der Waals surface area contributed by atoms with E-state index >= 15 is 0 Å². The van der Waals surface area contributed by atoms with Gasteiger partial charge in [-0.05, 0) is 35.9 Å². The molecule has 0 saturated heterocycles. The maximum Gasteiger partial charge on any atom is 0.251 e. The summed E-state index contributed by atoms with van der Waals surface area (Å²) in [5, 5.41) is 7.05. The van der Waals surface area contributed by atoms with Gasteiger partial charge in [0.05, 0.1) is 11.9 Å². The number of carbonyl (C=O) groups is 1. The Labute approximate surface area is 168 Å². The molecule has 0 aliphatic rings. The second-order valence-electron chi connectivity index (χ2n) is 6.43. The first kappa shape index (κ1) is 18.4. The minimum atomic E-state index is -0.187. The summed E-state index contributed by atoms with van der Waals surface area (Å²) >= 11 is 0. The van der Waals surface area contributed by atoms with Crippen LogP contribution in [0.5, 0.6) is 11.6 Å². The molecule has 1 aromatic carbocycles. The maximum atomic E-state index is 12.5. The van der Waals surface area contributed by atoms with Crippen molar-refractivity contribution in [2.75, 3.05) is 0 Å². The Bertz CT molecular complexity index is 1110. The van der Waals surface area contributed by atoms with Gasteiger partial charge in [-0.15, -0.1) is 0 Å². The average Bonchev–Trinajstić information content (AvgIpc) is 3.19. The zero-order chi connectivity index (χ0) is 20.1. The van der Waals surface area contributed by atoms with Gasteiger partial charge in [0.25, 0.3) is 5.91 Å². The molecule has 1 amide bonds. The lowest BCUT2D eigenvalue weighted by Gasteiger charge is -2.08. The number of aromatic nitrogens is 4. The molecule has 0 spiro atoms. The SMILES string of the molecule is Cn1cc(-c2ccc(CNC(=O)c3cccc(Oc4ccccn4)c3)cn2)cn1. The van der Waals surface area contributed by atoms with E-state index in [1.165, 1.54) is 0 Å². The van der Waals surface area contributed by atoms with Crippen LogP contribution in [0.4, 0.5) is 0 Å². The first-order valence-corrected chi connectivity index (χ1v) is 9.08. The molecule has 4 aromatic rings. The van der Waals surface area contributed by atoms with Crippen LogP contribution in [-0.2, 0) is 13.6 Å². The number of hydrogen-bond acceptors (Lipinski definition) is 5. The van der Waals surface area contributed by atoms with E-state index in [0.29, 0.717) is 23.7 Å². The van der Waals surface area contributed by atoms with Gasteiger partial charge in [0.15, 0.2) is 0 Å². The molecule has 0 unspecified atom stereocenters. The van der Waals surface area contributed by atoms with Crippen LogP contribution in [0.2, 0.25) is 0 Å². The Morgan fingerprint density at radius 2 is 2.00 bits per heavy atom. The third-order valence-electron chi connectivity index (χ3n) is 4.23. The smallest absolute Gasteiger partial charge is 0.251 e. The summed E-state index contributed by atoms with van der Waals surface area (Å²) in [4.78, 5) is 21.1. The summed E-state index contributed by atoms with van der Waals surface area (Å²) in [5.74, 6) is 0.844. The van der Waals surface area contributed by atoms with E-state index in [0.717, 1.165) is 16.8 Å². The van der Waals surface area contributed by atoms with E-state index in [2.05, 4.69) is 20.4 Å². The quantitative estimate of drug-likeness (QED) is 0.548. The summed E-state index contributed by atoms with van der Waals surface area (Å²) in [7, 11) is 1.86. The number of nitrogens with one attached hydrogen (secondary N) is 1. The minimum Gasteiger partial charge on any atom is -0.439 e. The molecule has 0 fully saturated rings. The van der Waals surface area contributed by atoms with Gasteiger partial charge in [0.2, 0.25) is 5.88 Å². The molecule has 144 valence electrons. The first-order chi connectivity index (χ1) is 14.2. The lowest BCUT2D eigenvalue weighted by Crippen LogP contribution is -2.22. The zero-order valence-electron chi connectivity index (χ0n) is 15.8. The Hall–Kier alpha value is -4.00. The van der Waals surface area contributed by atoms with Crippen LogP contribution in [0.15, 0.2) is 79.4 Å². The van der Waals surface area contributed by atoms with Crippen LogP contribution >= 0.6 is 0 Å². The number of nitrogens with zero attached hydrogens (tertiary/aromatic N) is 4. The number of carbonyl (C=O) groups excluding carboxylic acids is 1. The molecule has 0 aliphatic carbocycles. The van der Waals surface area contributed by atoms with Crippen LogP contribution in [0.25, 0.3) is 11.3 Å². The van der Waals surface area contributed by atoms with Crippen molar-refractivity contribution >= 4 is 5.91 Å². The van der Waals surface area contributed by atoms with E-state index in [1.807, 2.05) is 37.5 Å². The van der Waals surface area contributed by atoms with Crippen molar-refractivity contribution in [3.8, 4) is 22.9 Å². The number of pyridine rings is 2. The predicted molar refractivity (Wildman–Crippen MR) is 108 cm³/mol. The van der Waals surface area contributed by atoms with Crippen LogP contribution in [0.3, 0.4) is 0 Å². The summed E-state index contributed by atoms with van der Waals surface area (Å²) in [5.41, 5.74) is 3.21. The van der Waals surface area contributed by atoms with Crippen molar-refractivity contribution in [2.45, 2.75) is 6.54 Å². The van der Waals surface area contributed by atoms with Gasteiger partial charge in [-0.3, -0.25) is 14.5 Å². The molecular weight excluding hydrogens is 366 g/mol. The molecule has 29 heavy (non-hydrogen) atoms. The summed E-state index contributed by atoms with van der Waals surface area (Å²) in [6, 6.07) is 16.3. The molecule has 3 aromatic heterocycles. The standard InChI is InChI=1S/C22H19N5O2/c1-27-15-18(14-26-27)20-9-8-16(12-24-20)13-25-22(28)17-5-4-6-19(11-17)29-21-7-2-3-10-23-21/h2-12,14-15H,13H2,1H3,(H,25,28). The van der Waals surface area contributed by atoms with Gasteiger partial charge < -0.3 is 10.1 Å². The summed E-state index contributed by atoms with van der Waals surface area (Å²) in [6.45, 7) is 0.379. The van der Waals surface area contributed by atoms with Gasteiger partial charge in [-0.2, -0.15) is 5.10 Å². The second-order valence-corrected chi connectivity index (χ2v) is 6.43. The first-order valence-electron chi connectivity index (χ1n) is 9.08. The fourth-order valence-corrected chi connectivity index (χ4v) is 2.77. The molecule has 3 heterocycles. The van der Waals surface area contributed by atoms with E-state index in [9.17, 15) is 4.79 Å². The maximum absolute atomic E-state index is 12.5. The Morgan fingerprint density at radius 3 is 2.72 bits per heavy atom. The lowest BCUT2D eigenvalue weighted by molar-refractivity contribution is 0.0950. The van der Waals surface area contributed by atoms with Crippen molar-refractivity contribution in [3.05, 3.63) is 90.5 Å². The van der Waals surface area contributed by atoms with Gasteiger partial charge in [-0.25, -0.2) is 4.98 Å². The number of benzene rings is 1. The number of aryl methyl sites for hydroxylation is 1. The second kappa shape index (κ2) is 8.35. The van der Waals surface area contributed by atoms with E-state index in [1.54, 1.807) is 53.6 Å². The highest BCUT2D eigenvalue weighted by atomic mass is 16.5. The van der Waals surface area contributed by atoms with E-state index < -0.39 is 0 Å². The highest BCUT2D eigenvalue weighted by Crippen LogP contribution is 2.20. The van der Waals surface area contributed by atoms with Crippen molar-refractivity contribution in [3.63, 3.8) is 0 Å². The Balaban J connectivity index is 1.37. The molecule has 0 bridgehead atoms. The molecule has 0 atom stereocenters. The molecule has 1 N–H and O–H groups in total. The van der Waals surface area contributed by atoms with E-state index in [4.69, 9.17) is 4.74 Å². The van der Waals surface area contributed by atoms with Gasteiger partial charge in [-0.1, -0.05) is 18.2 Å². The largest absolute Gasteiger partial charge is 0.439 e. The van der Waals surface area contributed by atoms with Crippen molar-refractivity contribution in [1.29, 1.82) is 0 Å². The van der Waals surface area contributed by atoms with Gasteiger partial charge in [0, 0.05) is 49.4 Å². The highest BCUT2D eigenvalue weighted by Gasteiger charge is 2.08. The van der Waals surface area contributed by atoms with Crippen molar-refractivity contribution < 1.29 is 9.53 Å². The lowest BCUT2D eigenvalue weighted by atomic mass is 10.2. The monoisotopic (exact) mass is 385 g/mol. The summed E-state index contributed by atoms with van der Waals surface area (Å²) in [6.07, 6.45) is 7.08. The molecular formula is C22H19N5O2. The van der Waals surface area contributed by atoms with Crippen LogP contribution in [-0.4, -0.2) is 25.7 Å². The Morgan fingerprint density at radius 1 is 1.07 bits per heavy atom. The molecule has 7 nitrogen and oxygen atoms in total. The van der Waals surface area contributed by atoms with Crippen LogP contribution in [0.1, 0.15) is 15.9 Å². The van der Waals surface area contributed by atoms with Gasteiger partial charge >= 0.3 is 0 Å². The average molecular weight is 385 g/mol. The number of ether oxygens (including phenoxy) is 1. The van der Waals surface area contributed by atoms with Gasteiger partial charge in [0.1, 0.15) is 5.75 Å². The van der Waals surface area contributed by atoms with Crippen molar-refractivity contribution in [2.24, 2.45) is 7.05 Å². The topological polar surface area (TPSA) is 81.9 Å². The molecule has 0 aliphatic heterocycles. The zero-order valence-corrected chi connectivity index (χ0v) is 15.8. The minimum absolute atomic E-state index is 0.187. The third kappa shape index (κ3) is 4.65. The fraction of sp³-hybridized carbons (Fsp3) is 0.0909. The van der Waals surface area contributed by atoms with Crippen LogP contribution in [0, 0.1) is 0 Å². The highest BCUT2D eigenvalue weighted by molar-refractivity contribution is 5.94. The van der Waals surface area contributed by atoms with E-state index in [-0.39, 0.29) is 5.91 Å². The number of rotatable bonds is 6. The van der Waals surface area contributed by atoms with Crippen LogP contribution < -0.4 is 10.1 Å². The Kier molecular flexibility index (Phi) is 5.29. The normalized spacial score (nSPS) is 10.5. The number of hydrogen-bond donors (Lipinski definition) is 1.